The Labute approximate surface area is 79.6 Å². The smallest absolute Gasteiger partial charge is 0.163 e. The fourth-order valence-corrected chi connectivity index (χ4v) is 1.62. The van der Waals surface area contributed by atoms with Gasteiger partial charge in [-0.2, -0.15) is 5.26 Å². The first-order valence-corrected chi connectivity index (χ1v) is 4.13. The van der Waals surface area contributed by atoms with Crippen LogP contribution in [0, 0.1) is 11.3 Å². The molecule has 3 rings (SSSR count). The molecule has 0 aliphatic carbocycles. The predicted octanol–water partition coefficient (Wildman–Crippen LogP) is 1.59. The quantitative estimate of drug-likeness (QED) is 0.618. The maximum absolute atomic E-state index is 8.86. The highest BCUT2D eigenvalue weighted by Crippen LogP contribution is 2.31. The fraction of sp³-hybridized carbons (Fsp3) is 0. The van der Waals surface area contributed by atoms with E-state index >= 15 is 0 Å². The number of pyridine rings is 2. The van der Waals surface area contributed by atoms with Gasteiger partial charge in [0.15, 0.2) is 11.5 Å². The topological polar surface area (TPSA) is 61.9 Å². The number of hydrogen-bond acceptors (Lipinski definition) is 4. The van der Waals surface area contributed by atoms with Crippen LogP contribution in [0.15, 0.2) is 29.5 Å². The Morgan fingerprint density at radius 2 is 2.00 bits per heavy atom. The van der Waals surface area contributed by atoms with Crippen molar-refractivity contribution in [3.8, 4) is 6.07 Å². The SMILES string of the molecule is N#CC1=Nc2nccc3nccc1c23. The molecule has 0 radical (unpaired) electrons. The molecule has 1 aliphatic rings. The minimum Gasteiger partial charge on any atom is -0.256 e. The molecule has 0 amide bonds. The van der Waals surface area contributed by atoms with Crippen LogP contribution in [0.5, 0.6) is 0 Å². The molecule has 3 heterocycles. The van der Waals surface area contributed by atoms with E-state index < -0.39 is 0 Å². The van der Waals surface area contributed by atoms with Gasteiger partial charge in [0.25, 0.3) is 0 Å². The Bertz CT molecular complexity index is 602. The van der Waals surface area contributed by atoms with Crippen LogP contribution in [-0.2, 0) is 0 Å². The van der Waals surface area contributed by atoms with Gasteiger partial charge in [0.05, 0.1) is 10.9 Å². The third-order valence-corrected chi connectivity index (χ3v) is 2.21. The molecule has 0 spiro atoms. The Kier molecular flexibility index (Phi) is 1.21. The van der Waals surface area contributed by atoms with Crippen LogP contribution in [0.4, 0.5) is 5.82 Å². The van der Waals surface area contributed by atoms with E-state index in [1.165, 1.54) is 0 Å². The molecule has 64 valence electrons. The normalized spacial score (nSPS) is 12.6. The van der Waals surface area contributed by atoms with E-state index in [1.807, 2.05) is 6.07 Å². The van der Waals surface area contributed by atoms with Crippen LogP contribution in [0.3, 0.4) is 0 Å². The number of rotatable bonds is 0. The molecule has 4 heteroatoms. The summed E-state index contributed by atoms with van der Waals surface area (Å²) in [6, 6.07) is 5.66. The van der Waals surface area contributed by atoms with Crippen LogP contribution in [0.1, 0.15) is 5.56 Å². The van der Waals surface area contributed by atoms with E-state index in [4.69, 9.17) is 5.26 Å². The lowest BCUT2D eigenvalue weighted by atomic mass is 10.1. The second kappa shape index (κ2) is 2.36. The molecule has 4 nitrogen and oxygen atoms in total. The molecule has 2 aromatic heterocycles. The first-order valence-electron chi connectivity index (χ1n) is 4.13. The molecule has 0 unspecified atom stereocenters. The highest BCUT2D eigenvalue weighted by Gasteiger charge is 2.18. The van der Waals surface area contributed by atoms with E-state index in [9.17, 15) is 0 Å². The highest BCUT2D eigenvalue weighted by atomic mass is 14.9. The summed E-state index contributed by atoms with van der Waals surface area (Å²) < 4.78 is 0. The van der Waals surface area contributed by atoms with Crippen molar-refractivity contribution < 1.29 is 0 Å². The minimum atomic E-state index is 0.422. The third-order valence-electron chi connectivity index (χ3n) is 2.21. The van der Waals surface area contributed by atoms with Crippen LogP contribution in [-0.4, -0.2) is 15.7 Å². The summed E-state index contributed by atoms with van der Waals surface area (Å²) in [5, 5.41) is 9.74. The van der Waals surface area contributed by atoms with Crippen molar-refractivity contribution in [1.82, 2.24) is 9.97 Å². The van der Waals surface area contributed by atoms with Crippen LogP contribution < -0.4 is 0 Å². The first-order chi connectivity index (χ1) is 6.90. The maximum atomic E-state index is 8.86. The zero-order valence-electron chi connectivity index (χ0n) is 7.10. The predicted molar refractivity (Wildman–Crippen MR) is 51.3 cm³/mol. The monoisotopic (exact) mass is 180 g/mol. The van der Waals surface area contributed by atoms with Gasteiger partial charge < -0.3 is 0 Å². The first kappa shape index (κ1) is 7.15. The lowest BCUT2D eigenvalue weighted by Gasteiger charge is -1.96. The largest absolute Gasteiger partial charge is 0.256 e. The molecule has 0 aromatic carbocycles. The van der Waals surface area contributed by atoms with E-state index in [0.29, 0.717) is 11.5 Å². The number of aliphatic imine (C=N–C) groups is 1. The Hall–Kier alpha value is -2.28. The molecule has 0 saturated carbocycles. The van der Waals surface area contributed by atoms with E-state index in [0.717, 1.165) is 16.5 Å². The number of hydrogen-bond donors (Lipinski definition) is 0. The highest BCUT2D eigenvalue weighted by molar-refractivity contribution is 6.24. The van der Waals surface area contributed by atoms with Crippen molar-refractivity contribution in [2.45, 2.75) is 0 Å². The number of nitriles is 1. The van der Waals surface area contributed by atoms with Crippen molar-refractivity contribution >= 4 is 22.4 Å². The Morgan fingerprint density at radius 3 is 2.86 bits per heavy atom. The van der Waals surface area contributed by atoms with Gasteiger partial charge in [-0.15, -0.1) is 0 Å². The van der Waals surface area contributed by atoms with E-state index in [2.05, 4.69) is 21.0 Å². The summed E-state index contributed by atoms with van der Waals surface area (Å²) in [7, 11) is 0. The molecule has 14 heavy (non-hydrogen) atoms. The summed E-state index contributed by atoms with van der Waals surface area (Å²) in [5.41, 5.74) is 2.09. The average Bonchev–Trinajstić information content (AvgIpc) is 2.60. The van der Waals surface area contributed by atoms with Gasteiger partial charge in [0.1, 0.15) is 6.07 Å². The van der Waals surface area contributed by atoms with Gasteiger partial charge in [-0.25, -0.2) is 9.98 Å². The van der Waals surface area contributed by atoms with Crippen molar-refractivity contribution in [1.29, 1.82) is 5.26 Å². The molecule has 0 bridgehead atoms. The average molecular weight is 180 g/mol. The summed E-state index contributed by atoms with van der Waals surface area (Å²) in [5.74, 6) is 0.599. The number of aromatic nitrogens is 2. The lowest BCUT2D eigenvalue weighted by molar-refractivity contribution is 1.30. The molecule has 2 aromatic rings. The number of nitrogens with zero attached hydrogens (tertiary/aromatic N) is 4. The van der Waals surface area contributed by atoms with Gasteiger partial charge in [-0.1, -0.05) is 0 Å². The van der Waals surface area contributed by atoms with Gasteiger partial charge in [-0.3, -0.25) is 4.98 Å². The summed E-state index contributed by atoms with van der Waals surface area (Å²) in [6.45, 7) is 0. The second-order valence-electron chi connectivity index (χ2n) is 2.96. The van der Waals surface area contributed by atoms with E-state index in [-0.39, 0.29) is 0 Å². The van der Waals surface area contributed by atoms with Gasteiger partial charge >= 0.3 is 0 Å². The van der Waals surface area contributed by atoms with Gasteiger partial charge in [-0.05, 0) is 12.1 Å². The molecular weight excluding hydrogens is 176 g/mol. The zero-order valence-corrected chi connectivity index (χ0v) is 7.10. The fourth-order valence-electron chi connectivity index (χ4n) is 1.62. The molecule has 1 aliphatic heterocycles. The molecule has 0 saturated heterocycles. The van der Waals surface area contributed by atoms with Crippen LogP contribution >= 0.6 is 0 Å². The van der Waals surface area contributed by atoms with Crippen molar-refractivity contribution in [2.75, 3.05) is 0 Å². The summed E-state index contributed by atoms with van der Waals surface area (Å²) in [4.78, 5) is 12.4. The van der Waals surface area contributed by atoms with Crippen molar-refractivity contribution in [2.24, 2.45) is 4.99 Å². The summed E-state index contributed by atoms with van der Waals surface area (Å²) >= 11 is 0. The Balaban J connectivity index is 2.54. The standard InChI is InChI=1S/C10H4N4/c11-5-8-6-1-3-12-7-2-4-13-10(14-8)9(6)7/h1-4H. The molecule has 0 N–H and O–H groups in total. The lowest BCUT2D eigenvalue weighted by Crippen LogP contribution is -1.92. The minimum absolute atomic E-state index is 0.422. The zero-order chi connectivity index (χ0) is 9.54. The maximum Gasteiger partial charge on any atom is 0.163 e. The second-order valence-corrected chi connectivity index (χ2v) is 2.96. The molecular formula is C10H4N4. The molecule has 0 fully saturated rings. The van der Waals surface area contributed by atoms with Crippen molar-refractivity contribution in [3.05, 3.63) is 30.1 Å². The van der Waals surface area contributed by atoms with Gasteiger partial charge in [0, 0.05) is 18.0 Å². The van der Waals surface area contributed by atoms with Crippen molar-refractivity contribution in [3.63, 3.8) is 0 Å². The third kappa shape index (κ3) is 0.735. The Morgan fingerprint density at radius 1 is 1.14 bits per heavy atom. The van der Waals surface area contributed by atoms with Gasteiger partial charge in [0.2, 0.25) is 0 Å². The van der Waals surface area contributed by atoms with E-state index in [1.54, 1.807) is 18.5 Å². The molecule has 0 atom stereocenters. The summed E-state index contributed by atoms with van der Waals surface area (Å²) in [6.07, 6.45) is 3.33. The van der Waals surface area contributed by atoms with Crippen LogP contribution in [0.2, 0.25) is 0 Å². The van der Waals surface area contributed by atoms with Crippen LogP contribution in [0.25, 0.3) is 10.9 Å².